The van der Waals surface area contributed by atoms with E-state index in [1.807, 2.05) is 6.08 Å². The highest BCUT2D eigenvalue weighted by molar-refractivity contribution is 6.32. The van der Waals surface area contributed by atoms with E-state index in [2.05, 4.69) is 0 Å². The van der Waals surface area contributed by atoms with E-state index in [1.165, 1.54) is 20.0 Å². The first-order chi connectivity index (χ1) is 10.9. The van der Waals surface area contributed by atoms with Crippen molar-refractivity contribution >= 4 is 35.3 Å². The fraction of sp³-hybridized carbons (Fsp3) is 0.235. The number of ether oxygens (including phenoxy) is 1. The Kier molecular flexibility index (Phi) is 3.82. The molecule has 2 aliphatic heterocycles. The van der Waals surface area contributed by atoms with Gasteiger partial charge in [-0.25, -0.2) is 0 Å². The van der Waals surface area contributed by atoms with Crippen LogP contribution in [0.2, 0.25) is 5.02 Å². The summed E-state index contributed by atoms with van der Waals surface area (Å²) in [5.74, 6) is -1.69. The van der Waals surface area contributed by atoms with E-state index in [9.17, 15) is 14.4 Å². The molecule has 0 saturated carbocycles. The maximum Gasteiger partial charge on any atom is 0.263 e. The smallest absolute Gasteiger partial charge is 0.263 e. The first-order valence-electron chi connectivity index (χ1n) is 7.09. The third-order valence-corrected chi connectivity index (χ3v) is 4.17. The van der Waals surface area contributed by atoms with Crippen LogP contribution in [0.1, 0.15) is 12.5 Å². The summed E-state index contributed by atoms with van der Waals surface area (Å²) in [5, 5.41) is 0.571. The number of piperidine rings is 1. The molecule has 1 atom stereocenters. The van der Waals surface area contributed by atoms with Gasteiger partial charge in [-0.15, -0.1) is 0 Å². The summed E-state index contributed by atoms with van der Waals surface area (Å²) >= 11 is 5.96. The van der Waals surface area contributed by atoms with Crippen LogP contribution in [0.4, 0.5) is 0 Å². The molecule has 1 aromatic carbocycles. The Bertz CT molecular complexity index is 768. The monoisotopic (exact) mass is 331 g/mol. The molecule has 0 radical (unpaired) electrons. The van der Waals surface area contributed by atoms with Gasteiger partial charge in [-0.1, -0.05) is 11.6 Å². The maximum atomic E-state index is 12.2. The second kappa shape index (κ2) is 5.66. The summed E-state index contributed by atoms with van der Waals surface area (Å²) < 4.78 is 5.60. The van der Waals surface area contributed by atoms with Gasteiger partial charge in [-0.2, -0.15) is 0 Å². The van der Waals surface area contributed by atoms with Gasteiger partial charge >= 0.3 is 0 Å². The van der Waals surface area contributed by atoms with Gasteiger partial charge in [0.05, 0.1) is 11.5 Å². The molecule has 1 aromatic rings. The summed E-state index contributed by atoms with van der Waals surface area (Å²) in [6.07, 6.45) is 3.31. The van der Waals surface area contributed by atoms with Crippen molar-refractivity contribution in [2.45, 2.75) is 6.92 Å². The number of imide groups is 1. The third kappa shape index (κ3) is 2.68. The number of amides is 2. The molecule has 2 amide bonds. The van der Waals surface area contributed by atoms with Crippen LogP contribution in [0.5, 0.6) is 5.75 Å². The molecule has 0 aromatic heterocycles. The number of ketones is 1. The number of hydrogen-bond donors (Lipinski definition) is 0. The van der Waals surface area contributed by atoms with Crippen LogP contribution in [-0.4, -0.2) is 36.2 Å². The minimum Gasteiger partial charge on any atom is -0.488 e. The van der Waals surface area contributed by atoms with Crippen LogP contribution in [0, 0.1) is 5.92 Å². The van der Waals surface area contributed by atoms with Crippen LogP contribution in [0.15, 0.2) is 35.4 Å². The fourth-order valence-corrected chi connectivity index (χ4v) is 2.77. The lowest BCUT2D eigenvalue weighted by atomic mass is 9.91. The number of fused-ring (bicyclic) bond motifs is 1. The molecule has 0 bridgehead atoms. The molecule has 2 heterocycles. The number of benzene rings is 1. The summed E-state index contributed by atoms with van der Waals surface area (Å²) in [7, 11) is 1.38. The molecule has 2 aliphatic rings. The maximum absolute atomic E-state index is 12.2. The molecular formula is C17H14ClNO4. The first-order valence-corrected chi connectivity index (χ1v) is 7.47. The van der Waals surface area contributed by atoms with Crippen molar-refractivity contribution in [3.63, 3.8) is 0 Å². The lowest BCUT2D eigenvalue weighted by molar-refractivity contribution is -0.149. The number of likely N-dealkylation sites (N-methyl/N-ethyl adjacent to an activating group) is 1. The van der Waals surface area contributed by atoms with Crippen LogP contribution in [-0.2, 0) is 14.4 Å². The standard InChI is InChI=1S/C17H14ClNO4/c1-9-15(20)13(17(22)19(2)16(9)21)6-10-5-11-7-12(18)3-4-14(11)23-8-10/h3-7,9H,8H2,1-2H3/b13-6+. The van der Waals surface area contributed by atoms with Crippen molar-refractivity contribution in [2.24, 2.45) is 5.92 Å². The molecule has 118 valence electrons. The van der Waals surface area contributed by atoms with Crippen molar-refractivity contribution in [3.8, 4) is 5.75 Å². The van der Waals surface area contributed by atoms with E-state index >= 15 is 0 Å². The van der Waals surface area contributed by atoms with Crippen molar-refractivity contribution in [2.75, 3.05) is 13.7 Å². The Labute approximate surface area is 138 Å². The van der Waals surface area contributed by atoms with E-state index in [0.29, 0.717) is 16.3 Å². The SMILES string of the molecule is CC1C(=O)/C(=C\C2=Cc3cc(Cl)ccc3OC2)C(=O)N(C)C1=O. The number of carbonyl (C=O) groups excluding carboxylic acids is 3. The molecule has 1 unspecified atom stereocenters. The lowest BCUT2D eigenvalue weighted by Gasteiger charge is -2.26. The highest BCUT2D eigenvalue weighted by atomic mass is 35.5. The average molecular weight is 332 g/mol. The predicted molar refractivity (Wildman–Crippen MR) is 85.0 cm³/mol. The first kappa shape index (κ1) is 15.5. The minimum absolute atomic E-state index is 0.0000666. The Morgan fingerprint density at radius 2 is 2.04 bits per heavy atom. The molecule has 1 saturated heterocycles. The third-order valence-electron chi connectivity index (χ3n) is 3.93. The number of hydrogen-bond acceptors (Lipinski definition) is 4. The zero-order chi connectivity index (χ0) is 16.7. The number of likely N-dealkylation sites (tertiary alicyclic amines) is 1. The molecule has 0 spiro atoms. The number of nitrogens with zero attached hydrogens (tertiary/aromatic N) is 1. The van der Waals surface area contributed by atoms with Gasteiger partial charge in [0.15, 0.2) is 5.78 Å². The van der Waals surface area contributed by atoms with E-state index in [1.54, 1.807) is 18.2 Å². The van der Waals surface area contributed by atoms with E-state index in [-0.39, 0.29) is 12.2 Å². The zero-order valence-corrected chi connectivity index (χ0v) is 13.4. The molecule has 3 rings (SSSR count). The Balaban J connectivity index is 1.99. The van der Waals surface area contributed by atoms with Gasteiger partial charge in [-0.05, 0) is 42.8 Å². The highest BCUT2D eigenvalue weighted by Crippen LogP contribution is 2.30. The van der Waals surface area contributed by atoms with Gasteiger partial charge in [0.1, 0.15) is 12.4 Å². The second-order valence-electron chi connectivity index (χ2n) is 5.54. The zero-order valence-electron chi connectivity index (χ0n) is 12.6. The highest BCUT2D eigenvalue weighted by Gasteiger charge is 2.39. The minimum atomic E-state index is -0.851. The van der Waals surface area contributed by atoms with Crippen molar-refractivity contribution in [1.82, 2.24) is 4.90 Å². The number of halogens is 1. The van der Waals surface area contributed by atoms with Crippen molar-refractivity contribution < 1.29 is 19.1 Å². The Morgan fingerprint density at radius 1 is 1.30 bits per heavy atom. The largest absolute Gasteiger partial charge is 0.488 e. The molecule has 6 heteroatoms. The van der Waals surface area contributed by atoms with E-state index in [0.717, 1.165) is 10.5 Å². The number of Topliss-reactive ketones (excluding diaryl/α,β-unsaturated/α-hetero) is 1. The molecule has 0 aliphatic carbocycles. The molecule has 23 heavy (non-hydrogen) atoms. The number of carbonyl (C=O) groups is 3. The van der Waals surface area contributed by atoms with Gasteiger partial charge in [0.25, 0.3) is 5.91 Å². The average Bonchev–Trinajstić information content (AvgIpc) is 2.54. The molecule has 0 N–H and O–H groups in total. The van der Waals surface area contributed by atoms with E-state index < -0.39 is 23.5 Å². The van der Waals surface area contributed by atoms with Crippen LogP contribution in [0.3, 0.4) is 0 Å². The summed E-state index contributed by atoms with van der Waals surface area (Å²) in [6, 6.07) is 5.25. The molecule has 5 nitrogen and oxygen atoms in total. The Morgan fingerprint density at radius 3 is 2.78 bits per heavy atom. The topological polar surface area (TPSA) is 63.7 Å². The molecular weight excluding hydrogens is 318 g/mol. The fourth-order valence-electron chi connectivity index (χ4n) is 2.59. The summed E-state index contributed by atoms with van der Waals surface area (Å²) in [6.45, 7) is 1.74. The van der Waals surface area contributed by atoms with Crippen molar-refractivity contribution in [1.29, 1.82) is 0 Å². The van der Waals surface area contributed by atoms with E-state index in [4.69, 9.17) is 16.3 Å². The predicted octanol–water partition coefficient (Wildman–Crippen LogP) is 2.25. The van der Waals surface area contributed by atoms with Gasteiger partial charge in [0.2, 0.25) is 5.91 Å². The van der Waals surface area contributed by atoms with Gasteiger partial charge in [-0.3, -0.25) is 19.3 Å². The normalized spacial score (nSPS) is 22.8. The number of rotatable bonds is 1. The lowest BCUT2D eigenvalue weighted by Crippen LogP contribution is -2.48. The van der Waals surface area contributed by atoms with Crippen LogP contribution < -0.4 is 4.74 Å². The van der Waals surface area contributed by atoms with Gasteiger partial charge in [0, 0.05) is 17.6 Å². The summed E-state index contributed by atoms with van der Waals surface area (Å²) in [4.78, 5) is 37.2. The second-order valence-corrected chi connectivity index (χ2v) is 5.97. The molecule has 1 fully saturated rings. The van der Waals surface area contributed by atoms with Crippen LogP contribution >= 0.6 is 11.6 Å². The summed E-state index contributed by atoms with van der Waals surface area (Å²) in [5.41, 5.74) is 1.45. The Hall–Kier alpha value is -2.40. The van der Waals surface area contributed by atoms with Gasteiger partial charge < -0.3 is 4.74 Å². The van der Waals surface area contributed by atoms with Crippen molar-refractivity contribution in [3.05, 3.63) is 46.0 Å². The quantitative estimate of drug-likeness (QED) is 0.343. The van der Waals surface area contributed by atoms with Crippen LogP contribution in [0.25, 0.3) is 6.08 Å².